The minimum Gasteiger partial charge on any atom is -0.257 e. The van der Waals surface area contributed by atoms with Gasteiger partial charge in [0.2, 0.25) is 0 Å². The van der Waals surface area contributed by atoms with E-state index >= 15 is 0 Å². The van der Waals surface area contributed by atoms with E-state index in [0.29, 0.717) is 10.7 Å². The zero-order valence-electron chi connectivity index (χ0n) is 7.25. The average molecular weight is 271 g/mol. The number of rotatable bonds is 0. The summed E-state index contributed by atoms with van der Waals surface area (Å²) in [5, 5.41) is 14.5. The molecule has 1 aromatic heterocycles. The topological polar surface area (TPSA) is 41.6 Å². The van der Waals surface area contributed by atoms with Crippen LogP contribution in [0.1, 0.15) is 5.69 Å². The number of aromatic nitrogens is 2. The van der Waals surface area contributed by atoms with Crippen molar-refractivity contribution in [1.82, 2.24) is 9.78 Å². The van der Waals surface area contributed by atoms with Gasteiger partial charge in [-0.3, -0.25) is 4.68 Å². The van der Waals surface area contributed by atoms with E-state index in [1.807, 2.05) is 6.07 Å². The summed E-state index contributed by atoms with van der Waals surface area (Å²) in [7, 11) is 1.74. The summed E-state index contributed by atoms with van der Waals surface area (Å²) in [6.07, 6.45) is 0. The van der Waals surface area contributed by atoms with Gasteiger partial charge >= 0.3 is 0 Å². The molecule has 5 heteroatoms. The monoisotopic (exact) mass is 269 g/mol. The van der Waals surface area contributed by atoms with Crippen molar-refractivity contribution < 1.29 is 0 Å². The van der Waals surface area contributed by atoms with Crippen molar-refractivity contribution in [3.63, 3.8) is 0 Å². The highest BCUT2D eigenvalue weighted by atomic mass is 79.9. The Morgan fingerprint density at radius 2 is 2.29 bits per heavy atom. The fourth-order valence-electron chi connectivity index (χ4n) is 1.33. The lowest BCUT2D eigenvalue weighted by Crippen LogP contribution is -1.92. The third-order valence-electron chi connectivity index (χ3n) is 1.98. The number of nitriles is 1. The van der Waals surface area contributed by atoms with Crippen molar-refractivity contribution in [3.05, 3.63) is 27.3 Å². The number of fused-ring (bicyclic) bond motifs is 1. The lowest BCUT2D eigenvalue weighted by atomic mass is 10.2. The van der Waals surface area contributed by atoms with Gasteiger partial charge < -0.3 is 0 Å². The van der Waals surface area contributed by atoms with Gasteiger partial charge in [-0.1, -0.05) is 11.6 Å². The van der Waals surface area contributed by atoms with E-state index in [-0.39, 0.29) is 0 Å². The summed E-state index contributed by atoms with van der Waals surface area (Å²) in [6.45, 7) is 0. The van der Waals surface area contributed by atoms with Gasteiger partial charge in [0.25, 0.3) is 0 Å². The molecule has 0 radical (unpaired) electrons. The Balaban J connectivity index is 2.91. The van der Waals surface area contributed by atoms with Crippen LogP contribution >= 0.6 is 27.5 Å². The van der Waals surface area contributed by atoms with Gasteiger partial charge in [0.1, 0.15) is 11.8 Å². The van der Waals surface area contributed by atoms with Gasteiger partial charge in [-0.05, 0) is 28.1 Å². The minimum absolute atomic E-state index is 0.539. The fourth-order valence-corrected chi connectivity index (χ4v) is 1.83. The van der Waals surface area contributed by atoms with E-state index in [2.05, 4.69) is 27.1 Å². The van der Waals surface area contributed by atoms with E-state index in [4.69, 9.17) is 16.9 Å². The molecule has 0 bridgehead atoms. The summed E-state index contributed by atoms with van der Waals surface area (Å²) >= 11 is 9.22. The van der Waals surface area contributed by atoms with Gasteiger partial charge in [0, 0.05) is 16.9 Å². The molecule has 0 amide bonds. The van der Waals surface area contributed by atoms with Crippen molar-refractivity contribution in [2.75, 3.05) is 0 Å². The number of aryl methyl sites for hydroxylation is 1. The highest BCUT2D eigenvalue weighted by molar-refractivity contribution is 9.10. The molecule has 14 heavy (non-hydrogen) atoms. The quantitative estimate of drug-likeness (QED) is 0.738. The molecule has 0 atom stereocenters. The maximum atomic E-state index is 8.91. The molecule has 0 spiro atoms. The van der Waals surface area contributed by atoms with E-state index in [1.54, 1.807) is 17.8 Å². The van der Waals surface area contributed by atoms with Crippen molar-refractivity contribution in [2.45, 2.75) is 0 Å². The predicted molar refractivity (Wildman–Crippen MR) is 58.1 cm³/mol. The third kappa shape index (κ3) is 1.29. The molecule has 1 aromatic carbocycles. The maximum Gasteiger partial charge on any atom is 0.146 e. The van der Waals surface area contributed by atoms with E-state index in [9.17, 15) is 0 Å². The highest BCUT2D eigenvalue weighted by Gasteiger charge is 2.10. The van der Waals surface area contributed by atoms with Gasteiger partial charge in [-0.25, -0.2) is 0 Å². The average Bonchev–Trinajstić information content (AvgIpc) is 2.42. The third-order valence-corrected chi connectivity index (χ3v) is 3.18. The summed E-state index contributed by atoms with van der Waals surface area (Å²) in [6, 6.07) is 5.65. The summed E-state index contributed by atoms with van der Waals surface area (Å²) in [4.78, 5) is 0. The fraction of sp³-hybridized carbons (Fsp3) is 0.111. The molecule has 0 saturated carbocycles. The first-order valence-corrected chi connectivity index (χ1v) is 5.02. The number of nitrogens with zero attached hydrogens (tertiary/aromatic N) is 3. The molecule has 0 saturated heterocycles. The summed E-state index contributed by atoms with van der Waals surface area (Å²) in [5.74, 6) is 0. The first kappa shape index (κ1) is 9.50. The van der Waals surface area contributed by atoms with Gasteiger partial charge in [-0.15, -0.1) is 0 Å². The normalized spacial score (nSPS) is 10.4. The zero-order valence-corrected chi connectivity index (χ0v) is 9.59. The Kier molecular flexibility index (Phi) is 2.22. The predicted octanol–water partition coefficient (Wildman–Crippen LogP) is 2.86. The lowest BCUT2D eigenvalue weighted by molar-refractivity contribution is 0.767. The summed E-state index contributed by atoms with van der Waals surface area (Å²) < 4.78 is 2.32. The lowest BCUT2D eigenvalue weighted by Gasteiger charge is -1.94. The first-order chi connectivity index (χ1) is 6.63. The van der Waals surface area contributed by atoms with E-state index < -0.39 is 0 Å². The molecule has 0 fully saturated rings. The van der Waals surface area contributed by atoms with Crippen LogP contribution in [0.25, 0.3) is 10.9 Å². The number of hydrogen-bond acceptors (Lipinski definition) is 2. The Morgan fingerprint density at radius 3 is 2.93 bits per heavy atom. The molecule has 2 aromatic rings. The molecular weight excluding hydrogens is 265 g/mol. The van der Waals surface area contributed by atoms with Crippen LogP contribution in [-0.4, -0.2) is 9.78 Å². The second-order valence-corrected chi connectivity index (χ2v) is 4.13. The smallest absolute Gasteiger partial charge is 0.146 e. The molecule has 1 heterocycles. The highest BCUT2D eigenvalue weighted by Crippen LogP contribution is 2.29. The molecule has 0 aliphatic carbocycles. The molecule has 0 aliphatic heterocycles. The summed E-state index contributed by atoms with van der Waals surface area (Å²) in [5.41, 5.74) is 1.27. The minimum atomic E-state index is 0.539. The van der Waals surface area contributed by atoms with Crippen LogP contribution in [-0.2, 0) is 7.05 Å². The second-order valence-electron chi connectivity index (χ2n) is 2.87. The first-order valence-electron chi connectivity index (χ1n) is 3.85. The SMILES string of the molecule is Cn1nc2cc(Cl)c(Br)cc2c1C#N. The Bertz CT molecular complexity index is 553. The van der Waals surface area contributed by atoms with Crippen LogP contribution in [0.2, 0.25) is 5.02 Å². The molecule has 0 unspecified atom stereocenters. The van der Waals surface area contributed by atoms with Crippen molar-refractivity contribution in [2.24, 2.45) is 7.05 Å². The molecule has 2 rings (SSSR count). The van der Waals surface area contributed by atoms with Crippen molar-refractivity contribution in [3.8, 4) is 6.07 Å². The second kappa shape index (κ2) is 3.26. The molecule has 0 N–H and O–H groups in total. The van der Waals surface area contributed by atoms with Gasteiger partial charge in [0.15, 0.2) is 0 Å². The van der Waals surface area contributed by atoms with Crippen LogP contribution in [0.4, 0.5) is 0 Å². The van der Waals surface area contributed by atoms with Crippen LogP contribution in [0, 0.1) is 11.3 Å². The van der Waals surface area contributed by atoms with E-state index in [1.165, 1.54) is 0 Å². The van der Waals surface area contributed by atoms with Gasteiger partial charge in [-0.2, -0.15) is 10.4 Å². The Hall–Kier alpha value is -1.05. The maximum absolute atomic E-state index is 8.91. The molecular formula is C9H5BrClN3. The van der Waals surface area contributed by atoms with Crippen LogP contribution in [0.5, 0.6) is 0 Å². The van der Waals surface area contributed by atoms with Crippen molar-refractivity contribution >= 4 is 38.4 Å². The molecule has 70 valence electrons. The van der Waals surface area contributed by atoms with Crippen LogP contribution in [0.3, 0.4) is 0 Å². The standard InChI is InChI=1S/C9H5BrClN3/c1-14-9(4-12)5-2-6(10)7(11)3-8(5)13-14/h2-3H,1H3. The number of benzene rings is 1. The van der Waals surface area contributed by atoms with Gasteiger partial charge in [0.05, 0.1) is 10.5 Å². The Morgan fingerprint density at radius 1 is 1.57 bits per heavy atom. The number of hydrogen-bond donors (Lipinski definition) is 0. The molecule has 0 aliphatic rings. The van der Waals surface area contributed by atoms with E-state index in [0.717, 1.165) is 15.4 Å². The largest absolute Gasteiger partial charge is 0.257 e. The van der Waals surface area contributed by atoms with Crippen molar-refractivity contribution in [1.29, 1.82) is 5.26 Å². The molecule has 3 nitrogen and oxygen atoms in total. The van der Waals surface area contributed by atoms with Crippen LogP contribution in [0.15, 0.2) is 16.6 Å². The Labute approximate surface area is 94.0 Å². The number of halogens is 2. The van der Waals surface area contributed by atoms with Crippen LogP contribution < -0.4 is 0 Å². The zero-order chi connectivity index (χ0) is 10.3.